The highest BCUT2D eigenvalue weighted by molar-refractivity contribution is 8.06. The van der Waals surface area contributed by atoms with Crippen molar-refractivity contribution >= 4 is 23.3 Å². The van der Waals surface area contributed by atoms with E-state index in [0.717, 1.165) is 23.7 Å². The van der Waals surface area contributed by atoms with Crippen molar-refractivity contribution in [3.8, 4) is 6.07 Å². The molecule has 0 unspecified atom stereocenters. The summed E-state index contributed by atoms with van der Waals surface area (Å²) in [5.41, 5.74) is 2.31. The Labute approximate surface area is 129 Å². The number of anilines is 1. The van der Waals surface area contributed by atoms with Gasteiger partial charge in [0.15, 0.2) is 0 Å². The minimum Gasteiger partial charge on any atom is -0.354 e. The number of nitriles is 1. The lowest BCUT2D eigenvalue weighted by molar-refractivity contribution is 0.684. The van der Waals surface area contributed by atoms with Crippen molar-refractivity contribution < 1.29 is 0 Å². The molecule has 110 valence electrons. The maximum atomic E-state index is 9.44. The molecule has 0 spiro atoms. The van der Waals surface area contributed by atoms with Gasteiger partial charge < -0.3 is 10.6 Å². The van der Waals surface area contributed by atoms with Gasteiger partial charge in [-0.25, -0.2) is 9.97 Å². The third kappa shape index (κ3) is 3.99. The molecule has 1 aliphatic heterocycles. The summed E-state index contributed by atoms with van der Waals surface area (Å²) >= 11 is 1.53. The number of hydrogen-bond acceptors (Lipinski definition) is 6. The summed E-state index contributed by atoms with van der Waals surface area (Å²) in [7, 11) is 0. The lowest BCUT2D eigenvalue weighted by atomic mass is 10.2. The van der Waals surface area contributed by atoms with Gasteiger partial charge >= 0.3 is 0 Å². The number of thioether (sulfide) groups is 1. The minimum absolute atomic E-state index is 0.509. The van der Waals surface area contributed by atoms with Crippen LogP contribution in [0.5, 0.6) is 0 Å². The van der Waals surface area contributed by atoms with E-state index in [9.17, 15) is 5.26 Å². The largest absolute Gasteiger partial charge is 0.354 e. The Morgan fingerprint density at radius 3 is 2.95 bits per heavy atom. The van der Waals surface area contributed by atoms with Crippen molar-refractivity contribution in [3.63, 3.8) is 0 Å². The maximum absolute atomic E-state index is 9.44. The van der Waals surface area contributed by atoms with Crippen molar-refractivity contribution in [2.75, 3.05) is 11.9 Å². The van der Waals surface area contributed by atoms with Crippen LogP contribution in [0.3, 0.4) is 0 Å². The van der Waals surface area contributed by atoms with Crippen LogP contribution in [-0.2, 0) is 0 Å². The Morgan fingerprint density at radius 2 is 2.33 bits per heavy atom. The van der Waals surface area contributed by atoms with Crippen molar-refractivity contribution in [2.24, 2.45) is 5.92 Å². The molecule has 5 nitrogen and oxygen atoms in total. The number of hydrogen-bond donors (Lipinski definition) is 2. The summed E-state index contributed by atoms with van der Waals surface area (Å²) in [4.78, 5) is 8.62. The Balaban J connectivity index is 2.22. The van der Waals surface area contributed by atoms with Crippen LogP contribution < -0.4 is 10.6 Å². The van der Waals surface area contributed by atoms with E-state index in [0.29, 0.717) is 23.1 Å². The lowest BCUT2D eigenvalue weighted by Crippen LogP contribution is -2.11. The van der Waals surface area contributed by atoms with Crippen molar-refractivity contribution in [3.05, 3.63) is 34.1 Å². The number of nitrogens with zero attached hydrogens (tertiary/aromatic N) is 3. The molecule has 0 saturated heterocycles. The van der Waals surface area contributed by atoms with Crippen LogP contribution in [0.4, 0.5) is 5.95 Å². The average molecular weight is 301 g/mol. The van der Waals surface area contributed by atoms with Crippen LogP contribution in [0, 0.1) is 17.2 Å². The van der Waals surface area contributed by atoms with Gasteiger partial charge in [0.05, 0.1) is 10.7 Å². The summed E-state index contributed by atoms with van der Waals surface area (Å²) < 4.78 is 0. The summed E-state index contributed by atoms with van der Waals surface area (Å²) in [6.07, 6.45) is 2.59. The number of nitrogens with one attached hydrogen (secondary N) is 2. The number of aromatic nitrogens is 2. The molecule has 0 bridgehead atoms. The smallest absolute Gasteiger partial charge is 0.223 e. The molecule has 1 aromatic heterocycles. The van der Waals surface area contributed by atoms with Gasteiger partial charge in [0.25, 0.3) is 0 Å². The highest BCUT2D eigenvalue weighted by Gasteiger charge is 2.16. The van der Waals surface area contributed by atoms with E-state index in [1.807, 2.05) is 5.41 Å². The summed E-state index contributed by atoms with van der Waals surface area (Å²) in [6.45, 7) is 7.12. The molecule has 0 saturated carbocycles. The fourth-order valence-corrected chi connectivity index (χ4v) is 2.67. The van der Waals surface area contributed by atoms with Crippen LogP contribution >= 0.6 is 11.8 Å². The molecule has 2 heterocycles. The zero-order valence-electron chi connectivity index (χ0n) is 12.5. The quantitative estimate of drug-likeness (QED) is 0.813. The van der Waals surface area contributed by atoms with E-state index in [4.69, 9.17) is 0 Å². The van der Waals surface area contributed by atoms with E-state index in [-0.39, 0.29) is 0 Å². The third-order valence-electron chi connectivity index (χ3n) is 2.89. The fourth-order valence-electron chi connectivity index (χ4n) is 1.73. The second-order valence-corrected chi connectivity index (χ2v) is 5.98. The van der Waals surface area contributed by atoms with Crippen LogP contribution in [0.1, 0.15) is 32.9 Å². The first-order valence-corrected chi connectivity index (χ1v) is 7.86. The van der Waals surface area contributed by atoms with E-state index >= 15 is 0 Å². The molecule has 1 aliphatic rings. The highest BCUT2D eigenvalue weighted by atomic mass is 32.2. The predicted octanol–water partition coefficient (Wildman–Crippen LogP) is 3.32. The van der Waals surface area contributed by atoms with Gasteiger partial charge in [0.1, 0.15) is 11.6 Å². The normalized spacial score (nSPS) is 16.2. The first kappa shape index (κ1) is 15.4. The summed E-state index contributed by atoms with van der Waals surface area (Å²) in [6, 6.07) is 4.00. The van der Waals surface area contributed by atoms with Crippen LogP contribution in [0.25, 0.3) is 5.57 Å². The second-order valence-electron chi connectivity index (χ2n) is 5.10. The SMILES string of the molecule is CCC1=CS/C(=C(\C#N)c2ccnc(NCC(C)C)n2)N1. The Hall–Kier alpha value is -2.00. The van der Waals surface area contributed by atoms with Gasteiger partial charge in [-0.2, -0.15) is 5.26 Å². The van der Waals surface area contributed by atoms with Crippen LogP contribution in [0.2, 0.25) is 0 Å². The molecule has 21 heavy (non-hydrogen) atoms. The molecule has 0 aliphatic carbocycles. The maximum Gasteiger partial charge on any atom is 0.223 e. The molecule has 2 N–H and O–H groups in total. The van der Waals surface area contributed by atoms with Gasteiger partial charge in [-0.15, -0.1) is 0 Å². The van der Waals surface area contributed by atoms with Gasteiger partial charge in [0, 0.05) is 18.4 Å². The van der Waals surface area contributed by atoms with Gasteiger partial charge in [-0.05, 0) is 23.8 Å². The Bertz CT molecular complexity index is 613. The first-order valence-electron chi connectivity index (χ1n) is 6.98. The highest BCUT2D eigenvalue weighted by Crippen LogP contribution is 2.31. The van der Waals surface area contributed by atoms with Crippen molar-refractivity contribution in [1.29, 1.82) is 5.26 Å². The minimum atomic E-state index is 0.509. The third-order valence-corrected chi connectivity index (χ3v) is 3.84. The topological polar surface area (TPSA) is 73.6 Å². The molecule has 2 rings (SSSR count). The standard InChI is InChI=1S/C15H19N5S/c1-4-11-9-21-14(19-11)12(7-16)13-5-6-17-15(20-13)18-8-10(2)3/h5-6,9-10,19H,4,8H2,1-3H3,(H,17,18,20)/b14-12+. The molecule has 0 radical (unpaired) electrons. The van der Waals surface area contributed by atoms with E-state index in [1.54, 1.807) is 12.3 Å². The average Bonchev–Trinajstić information content (AvgIpc) is 2.95. The van der Waals surface area contributed by atoms with E-state index < -0.39 is 0 Å². The van der Waals surface area contributed by atoms with E-state index in [1.165, 1.54) is 11.8 Å². The van der Waals surface area contributed by atoms with Crippen LogP contribution in [0.15, 0.2) is 28.4 Å². The molecule has 0 atom stereocenters. The predicted molar refractivity (Wildman–Crippen MR) is 87.0 cm³/mol. The molecule has 0 amide bonds. The molecule has 1 aromatic rings. The van der Waals surface area contributed by atoms with Gasteiger partial charge in [0.2, 0.25) is 5.95 Å². The summed E-state index contributed by atoms with van der Waals surface area (Å²) in [5.74, 6) is 1.07. The summed E-state index contributed by atoms with van der Waals surface area (Å²) in [5, 5.41) is 18.8. The lowest BCUT2D eigenvalue weighted by Gasteiger charge is -2.09. The number of allylic oxidation sites excluding steroid dienone is 2. The molecule has 6 heteroatoms. The van der Waals surface area contributed by atoms with E-state index in [2.05, 4.69) is 47.4 Å². The molecular formula is C15H19N5S. The van der Waals surface area contributed by atoms with Crippen molar-refractivity contribution in [2.45, 2.75) is 27.2 Å². The zero-order valence-corrected chi connectivity index (χ0v) is 13.3. The molecular weight excluding hydrogens is 282 g/mol. The number of rotatable bonds is 5. The monoisotopic (exact) mass is 301 g/mol. The fraction of sp³-hybridized carbons (Fsp3) is 0.400. The van der Waals surface area contributed by atoms with Gasteiger partial charge in [-0.3, -0.25) is 0 Å². The zero-order chi connectivity index (χ0) is 15.2. The van der Waals surface area contributed by atoms with Gasteiger partial charge in [-0.1, -0.05) is 32.5 Å². The first-order chi connectivity index (χ1) is 10.1. The Morgan fingerprint density at radius 1 is 1.52 bits per heavy atom. The second kappa shape index (κ2) is 7.14. The van der Waals surface area contributed by atoms with Crippen LogP contribution in [-0.4, -0.2) is 16.5 Å². The van der Waals surface area contributed by atoms with Crippen molar-refractivity contribution in [1.82, 2.24) is 15.3 Å². The molecule has 0 fully saturated rings. The molecule has 0 aromatic carbocycles. The Kier molecular flexibility index (Phi) is 5.23.